The lowest BCUT2D eigenvalue weighted by Gasteiger charge is -2.11. The lowest BCUT2D eigenvalue weighted by Crippen LogP contribution is -2.02. The zero-order valence-corrected chi connectivity index (χ0v) is 11.9. The number of rotatable bonds is 4. The van der Waals surface area contributed by atoms with Crippen molar-refractivity contribution in [1.29, 1.82) is 0 Å². The summed E-state index contributed by atoms with van der Waals surface area (Å²) in [5, 5.41) is 12.1. The molecule has 0 unspecified atom stereocenters. The van der Waals surface area contributed by atoms with E-state index in [9.17, 15) is 4.79 Å². The molecule has 0 aliphatic rings. The maximum absolute atomic E-state index is 10.8. The van der Waals surface area contributed by atoms with Crippen molar-refractivity contribution in [2.75, 3.05) is 5.32 Å². The van der Waals surface area contributed by atoms with Gasteiger partial charge in [0.2, 0.25) is 0 Å². The van der Waals surface area contributed by atoms with Crippen molar-refractivity contribution in [2.24, 2.45) is 0 Å². The summed E-state index contributed by atoms with van der Waals surface area (Å²) in [4.78, 5) is 15.0. The van der Waals surface area contributed by atoms with Gasteiger partial charge >= 0.3 is 5.97 Å². The van der Waals surface area contributed by atoms with E-state index in [1.54, 1.807) is 0 Å². The summed E-state index contributed by atoms with van der Waals surface area (Å²) in [5.41, 5.74) is 2.31. The Labute approximate surface area is 119 Å². The molecule has 0 atom stereocenters. The highest BCUT2D eigenvalue weighted by Gasteiger charge is 2.09. The van der Waals surface area contributed by atoms with Crippen molar-refractivity contribution in [3.05, 3.63) is 52.1 Å². The maximum atomic E-state index is 10.8. The minimum atomic E-state index is -0.992. The first-order valence-corrected chi connectivity index (χ1v) is 6.65. The number of carbonyl (C=O) groups is 1. The van der Waals surface area contributed by atoms with Gasteiger partial charge in [-0.1, -0.05) is 25.1 Å². The van der Waals surface area contributed by atoms with Crippen LogP contribution in [0.25, 0.3) is 0 Å². The first-order chi connectivity index (χ1) is 9.11. The number of halogens is 1. The van der Waals surface area contributed by atoms with Crippen molar-refractivity contribution in [1.82, 2.24) is 4.98 Å². The molecular formula is C14H13BrN2O2. The van der Waals surface area contributed by atoms with E-state index in [0.717, 1.165) is 12.1 Å². The topological polar surface area (TPSA) is 62.2 Å². The monoisotopic (exact) mass is 320 g/mol. The van der Waals surface area contributed by atoms with Crippen LogP contribution < -0.4 is 5.32 Å². The van der Waals surface area contributed by atoms with Crippen molar-refractivity contribution in [3.8, 4) is 0 Å². The molecule has 0 saturated heterocycles. The Morgan fingerprint density at radius 2 is 2.16 bits per heavy atom. The van der Waals surface area contributed by atoms with E-state index in [4.69, 9.17) is 5.11 Å². The van der Waals surface area contributed by atoms with E-state index in [2.05, 4.69) is 33.2 Å². The quantitative estimate of drug-likeness (QED) is 0.898. The minimum absolute atomic E-state index is 0.154. The van der Waals surface area contributed by atoms with Crippen LogP contribution in [0.15, 0.2) is 41.0 Å². The van der Waals surface area contributed by atoms with Gasteiger partial charge in [-0.3, -0.25) is 0 Å². The number of carboxylic acid groups (broad SMARTS) is 1. The number of hydrogen-bond donors (Lipinski definition) is 2. The van der Waals surface area contributed by atoms with Crippen molar-refractivity contribution in [3.63, 3.8) is 0 Å². The summed E-state index contributed by atoms with van der Waals surface area (Å²) < 4.78 is 0.623. The fraction of sp³-hybridized carbons (Fsp3) is 0.143. The van der Waals surface area contributed by atoms with E-state index in [0.29, 0.717) is 10.3 Å². The van der Waals surface area contributed by atoms with Crippen LogP contribution in [0.2, 0.25) is 0 Å². The van der Waals surface area contributed by atoms with Gasteiger partial charge in [-0.2, -0.15) is 0 Å². The standard InChI is InChI=1S/C14H13BrN2O2/c1-2-9-5-3-4-6-12(9)17-13-11(15)7-10(8-16-13)14(18)19/h3-8H,2H2,1H3,(H,16,17)(H,18,19). The molecule has 0 amide bonds. The highest BCUT2D eigenvalue weighted by molar-refractivity contribution is 9.10. The average molecular weight is 321 g/mol. The Kier molecular flexibility index (Phi) is 4.16. The molecular weight excluding hydrogens is 308 g/mol. The van der Waals surface area contributed by atoms with Crippen LogP contribution in [-0.2, 0) is 6.42 Å². The number of aryl methyl sites for hydroxylation is 1. The smallest absolute Gasteiger partial charge is 0.337 e. The van der Waals surface area contributed by atoms with Gasteiger partial charge in [0, 0.05) is 11.9 Å². The lowest BCUT2D eigenvalue weighted by molar-refractivity contribution is 0.0696. The highest BCUT2D eigenvalue weighted by Crippen LogP contribution is 2.26. The Morgan fingerprint density at radius 3 is 2.79 bits per heavy atom. The van der Waals surface area contributed by atoms with Crippen molar-refractivity contribution >= 4 is 33.4 Å². The summed E-state index contributed by atoms with van der Waals surface area (Å²) in [6, 6.07) is 9.48. The molecule has 0 fully saturated rings. The molecule has 19 heavy (non-hydrogen) atoms. The molecule has 2 aromatic rings. The number of anilines is 2. The van der Waals surface area contributed by atoms with Gasteiger partial charge in [-0.15, -0.1) is 0 Å². The van der Waals surface area contributed by atoms with Crippen LogP contribution in [0.5, 0.6) is 0 Å². The molecule has 0 radical (unpaired) electrons. The number of nitrogens with zero attached hydrogens (tertiary/aromatic N) is 1. The second-order valence-electron chi connectivity index (χ2n) is 4.00. The molecule has 2 N–H and O–H groups in total. The summed E-state index contributed by atoms with van der Waals surface area (Å²) >= 11 is 3.33. The third-order valence-corrected chi connectivity index (χ3v) is 3.34. The van der Waals surface area contributed by atoms with Crippen LogP contribution >= 0.6 is 15.9 Å². The third-order valence-electron chi connectivity index (χ3n) is 2.74. The van der Waals surface area contributed by atoms with Gasteiger partial charge in [0.1, 0.15) is 5.82 Å². The summed E-state index contributed by atoms with van der Waals surface area (Å²) in [5.74, 6) is -0.389. The molecule has 1 heterocycles. The summed E-state index contributed by atoms with van der Waals surface area (Å²) in [6.07, 6.45) is 2.25. The van der Waals surface area contributed by atoms with E-state index in [-0.39, 0.29) is 5.56 Å². The fourth-order valence-electron chi connectivity index (χ4n) is 1.72. The largest absolute Gasteiger partial charge is 0.478 e. The Hall–Kier alpha value is -1.88. The third kappa shape index (κ3) is 3.12. The van der Waals surface area contributed by atoms with Crippen LogP contribution in [0, 0.1) is 0 Å². The number of para-hydroxylation sites is 1. The van der Waals surface area contributed by atoms with Gasteiger partial charge < -0.3 is 10.4 Å². The SMILES string of the molecule is CCc1ccccc1Nc1ncc(C(=O)O)cc1Br. The second-order valence-corrected chi connectivity index (χ2v) is 4.85. The minimum Gasteiger partial charge on any atom is -0.478 e. The normalized spacial score (nSPS) is 10.2. The van der Waals surface area contributed by atoms with Crippen LogP contribution in [0.4, 0.5) is 11.5 Å². The molecule has 4 nitrogen and oxygen atoms in total. The molecule has 5 heteroatoms. The van der Waals surface area contributed by atoms with E-state index >= 15 is 0 Å². The number of carboxylic acids is 1. The number of hydrogen-bond acceptors (Lipinski definition) is 3. The molecule has 1 aromatic heterocycles. The number of pyridine rings is 1. The summed E-state index contributed by atoms with van der Waals surface area (Å²) in [6.45, 7) is 2.08. The van der Waals surface area contributed by atoms with Crippen molar-refractivity contribution < 1.29 is 9.90 Å². The average Bonchev–Trinajstić information content (AvgIpc) is 2.41. The molecule has 0 bridgehead atoms. The number of nitrogens with one attached hydrogen (secondary N) is 1. The Bertz CT molecular complexity index is 614. The zero-order valence-electron chi connectivity index (χ0n) is 10.4. The van der Waals surface area contributed by atoms with Crippen LogP contribution in [-0.4, -0.2) is 16.1 Å². The van der Waals surface area contributed by atoms with Gasteiger partial charge in [0.25, 0.3) is 0 Å². The maximum Gasteiger partial charge on any atom is 0.337 e. The van der Waals surface area contributed by atoms with E-state index < -0.39 is 5.97 Å². The highest BCUT2D eigenvalue weighted by atomic mass is 79.9. The molecule has 0 aliphatic heterocycles. The lowest BCUT2D eigenvalue weighted by atomic mass is 10.1. The van der Waals surface area contributed by atoms with E-state index in [1.165, 1.54) is 17.8 Å². The predicted molar refractivity (Wildman–Crippen MR) is 78.0 cm³/mol. The van der Waals surface area contributed by atoms with Gasteiger partial charge in [0.15, 0.2) is 0 Å². The number of aromatic carboxylic acids is 1. The van der Waals surface area contributed by atoms with Crippen LogP contribution in [0.3, 0.4) is 0 Å². The predicted octanol–water partition coefficient (Wildman–Crippen LogP) is 3.85. The molecule has 0 spiro atoms. The molecule has 0 aliphatic carbocycles. The molecule has 0 saturated carbocycles. The number of aromatic nitrogens is 1. The first-order valence-electron chi connectivity index (χ1n) is 5.85. The van der Waals surface area contributed by atoms with Gasteiger partial charge in [-0.25, -0.2) is 9.78 Å². The molecule has 98 valence electrons. The Balaban J connectivity index is 2.31. The summed E-state index contributed by atoms with van der Waals surface area (Å²) in [7, 11) is 0. The second kappa shape index (κ2) is 5.84. The fourth-order valence-corrected chi connectivity index (χ4v) is 2.17. The van der Waals surface area contributed by atoms with Crippen molar-refractivity contribution in [2.45, 2.75) is 13.3 Å². The number of benzene rings is 1. The Morgan fingerprint density at radius 1 is 1.42 bits per heavy atom. The molecule has 1 aromatic carbocycles. The van der Waals surface area contributed by atoms with Crippen LogP contribution in [0.1, 0.15) is 22.8 Å². The van der Waals surface area contributed by atoms with E-state index in [1.807, 2.05) is 24.3 Å². The van der Waals surface area contributed by atoms with Gasteiger partial charge in [-0.05, 0) is 40.0 Å². The molecule has 2 rings (SSSR count). The zero-order chi connectivity index (χ0) is 13.8. The van der Waals surface area contributed by atoms with Gasteiger partial charge in [0.05, 0.1) is 10.0 Å². The first kappa shape index (κ1) is 13.5.